The Hall–Kier alpha value is -6.83. The average molecular weight is 699 g/mol. The predicted molar refractivity (Wildman–Crippen MR) is 220 cm³/mol. The number of rotatable bonds is 6. The summed E-state index contributed by atoms with van der Waals surface area (Å²) in [5, 5.41) is 9.45. The van der Waals surface area contributed by atoms with E-state index >= 15 is 0 Å². The predicted octanol–water partition coefficient (Wildman–Crippen LogP) is 11.1. The first-order valence-electron chi connectivity index (χ1n) is 17.2. The second-order valence-electron chi connectivity index (χ2n) is 12.7. The van der Waals surface area contributed by atoms with Gasteiger partial charge in [-0.1, -0.05) is 140 Å². The number of para-hydroxylation sites is 1. The molecule has 7 heteroatoms. The lowest BCUT2D eigenvalue weighted by atomic mass is 9.88. The summed E-state index contributed by atoms with van der Waals surface area (Å²) < 4.78 is 4.21. The molecule has 0 unspecified atom stereocenters. The lowest BCUT2D eigenvalue weighted by Gasteiger charge is -2.19. The van der Waals surface area contributed by atoms with E-state index in [0.717, 1.165) is 72.2 Å². The summed E-state index contributed by atoms with van der Waals surface area (Å²) in [4.78, 5) is 20.3. The Kier molecular flexibility index (Phi) is 8.31. The number of aromatic nitrogens is 4. The van der Waals surface area contributed by atoms with Gasteiger partial charge in [0.1, 0.15) is 5.71 Å². The van der Waals surface area contributed by atoms with Gasteiger partial charge in [0, 0.05) is 38.8 Å². The van der Waals surface area contributed by atoms with Crippen molar-refractivity contribution in [3.63, 3.8) is 0 Å². The van der Waals surface area contributed by atoms with Crippen LogP contribution in [0.2, 0.25) is 0 Å². The summed E-state index contributed by atoms with van der Waals surface area (Å²) in [5.41, 5.74) is 12.2. The molecule has 53 heavy (non-hydrogen) atoms. The largest absolute Gasteiger partial charge is 0.299 e. The molecule has 0 aliphatic heterocycles. The van der Waals surface area contributed by atoms with E-state index in [2.05, 4.69) is 65.7 Å². The van der Waals surface area contributed by atoms with Crippen molar-refractivity contribution in [1.82, 2.24) is 19.9 Å². The first-order valence-corrected chi connectivity index (χ1v) is 17.6. The number of nitrogens with one attached hydrogen (secondary N) is 1. The lowest BCUT2D eigenvalue weighted by Crippen LogP contribution is -2.18. The van der Waals surface area contributed by atoms with Gasteiger partial charge in [-0.2, -0.15) is 0 Å². The molecule has 0 atom stereocenters. The Labute approximate surface area is 312 Å². The fourth-order valence-electron chi connectivity index (χ4n) is 6.83. The van der Waals surface area contributed by atoms with Crippen LogP contribution in [0.1, 0.15) is 11.1 Å². The third-order valence-corrected chi connectivity index (χ3v) is 9.65. The van der Waals surface area contributed by atoms with Gasteiger partial charge in [-0.25, -0.2) is 24.3 Å². The lowest BCUT2D eigenvalue weighted by molar-refractivity contribution is 1.07. The number of pyridine rings is 1. The summed E-state index contributed by atoms with van der Waals surface area (Å²) in [7, 11) is 0. The van der Waals surface area contributed by atoms with E-state index in [0.29, 0.717) is 28.9 Å². The molecule has 0 fully saturated rings. The highest BCUT2D eigenvalue weighted by Crippen LogP contribution is 2.36. The van der Waals surface area contributed by atoms with Gasteiger partial charge in [-0.05, 0) is 65.4 Å². The molecule has 0 saturated carbocycles. The summed E-state index contributed by atoms with van der Waals surface area (Å²) in [5.74, 6) is 1.75. The monoisotopic (exact) mass is 698 g/mol. The highest BCUT2D eigenvalue weighted by Gasteiger charge is 2.24. The molecule has 1 aliphatic rings. The fraction of sp³-hybridized carbons (Fsp3) is 0. The van der Waals surface area contributed by atoms with Crippen molar-refractivity contribution in [1.29, 1.82) is 5.41 Å². The zero-order chi connectivity index (χ0) is 35.7. The fourth-order valence-corrected chi connectivity index (χ4v) is 7.03. The Morgan fingerprint density at radius 2 is 0.925 bits per heavy atom. The van der Waals surface area contributed by atoms with E-state index in [-0.39, 0.29) is 0 Å². The molecule has 1 aliphatic carbocycles. The number of hydrogen-bond donors (Lipinski definition) is 2. The third-order valence-electron chi connectivity index (χ3n) is 9.45. The van der Waals surface area contributed by atoms with Crippen LogP contribution in [0.4, 0.5) is 0 Å². The van der Waals surface area contributed by atoms with Crippen molar-refractivity contribution < 1.29 is 0 Å². The minimum absolute atomic E-state index is 0.315. The molecule has 0 radical (unpaired) electrons. The van der Waals surface area contributed by atoms with Gasteiger partial charge in [0.05, 0.1) is 16.9 Å². The number of fused-ring (bicyclic) bond motifs is 3. The van der Waals surface area contributed by atoms with Crippen LogP contribution in [0.25, 0.3) is 84.7 Å². The van der Waals surface area contributed by atoms with Gasteiger partial charge in [0.25, 0.3) is 0 Å². The topological polar surface area (TPSA) is 87.8 Å². The van der Waals surface area contributed by atoms with Crippen LogP contribution >= 0.6 is 12.8 Å². The molecular weight excluding hydrogens is 669 g/mol. The van der Waals surface area contributed by atoms with Crippen LogP contribution in [0.15, 0.2) is 168 Å². The minimum Gasteiger partial charge on any atom is -0.299 e. The zero-order valence-corrected chi connectivity index (χ0v) is 29.2. The molecular formula is C46H30N6S. The minimum atomic E-state index is 0.315. The maximum absolute atomic E-state index is 8.51. The van der Waals surface area contributed by atoms with E-state index < -0.39 is 0 Å². The summed E-state index contributed by atoms with van der Waals surface area (Å²) >= 11 is 4.24. The SMILES string of the molecule is N=C1C=Cc2c(-c3ccc(-c4nc(-c5cccc(-c6ccccc6)c5)nc(-c5cccc(-c6ccccc6)c5)n4)cc3)nc3ccccc3c2C1=NS. The zero-order valence-electron chi connectivity index (χ0n) is 28.3. The number of hydrogen-bond acceptors (Lipinski definition) is 7. The van der Waals surface area contributed by atoms with E-state index in [1.807, 2.05) is 115 Å². The quantitative estimate of drug-likeness (QED) is 0.169. The molecule has 8 aromatic rings. The van der Waals surface area contributed by atoms with Gasteiger partial charge >= 0.3 is 0 Å². The van der Waals surface area contributed by atoms with Crippen LogP contribution in [0, 0.1) is 5.41 Å². The first-order chi connectivity index (χ1) is 26.1. The molecule has 250 valence electrons. The van der Waals surface area contributed by atoms with Crippen molar-refractivity contribution in [3.8, 4) is 67.7 Å². The van der Waals surface area contributed by atoms with Gasteiger partial charge < -0.3 is 0 Å². The summed E-state index contributed by atoms with van der Waals surface area (Å²) in [6.45, 7) is 0. The molecule has 2 aromatic heterocycles. The molecule has 0 bridgehead atoms. The van der Waals surface area contributed by atoms with Gasteiger partial charge in [0.15, 0.2) is 17.5 Å². The van der Waals surface area contributed by atoms with Crippen molar-refractivity contribution in [2.24, 2.45) is 4.40 Å². The smallest absolute Gasteiger partial charge is 0.164 e. The van der Waals surface area contributed by atoms with Gasteiger partial charge in [-0.3, -0.25) is 5.41 Å². The van der Waals surface area contributed by atoms with Crippen LogP contribution in [-0.2, 0) is 0 Å². The molecule has 0 saturated heterocycles. The van der Waals surface area contributed by atoms with Crippen LogP contribution < -0.4 is 0 Å². The van der Waals surface area contributed by atoms with Crippen LogP contribution in [0.5, 0.6) is 0 Å². The maximum atomic E-state index is 8.51. The number of allylic oxidation sites excluding steroid dienone is 1. The van der Waals surface area contributed by atoms with E-state index in [1.165, 1.54) is 0 Å². The molecule has 9 rings (SSSR count). The molecule has 6 aromatic carbocycles. The molecule has 0 spiro atoms. The summed E-state index contributed by atoms with van der Waals surface area (Å²) in [6, 6.07) is 53.4. The molecule has 0 amide bonds. The molecule has 1 N–H and O–H groups in total. The number of benzene rings is 6. The normalized spacial score (nSPS) is 13.0. The second-order valence-corrected chi connectivity index (χ2v) is 12.9. The van der Waals surface area contributed by atoms with Crippen molar-refractivity contribution in [2.45, 2.75) is 0 Å². The van der Waals surface area contributed by atoms with Gasteiger partial charge in [0.2, 0.25) is 0 Å². The first kappa shape index (κ1) is 32.1. The number of nitrogens with zero attached hydrogens (tertiary/aromatic N) is 5. The van der Waals surface area contributed by atoms with Crippen molar-refractivity contribution >= 4 is 41.2 Å². The average Bonchev–Trinajstić information content (AvgIpc) is 3.24. The number of thiol groups is 1. The summed E-state index contributed by atoms with van der Waals surface area (Å²) in [6.07, 6.45) is 3.69. The third kappa shape index (κ3) is 6.13. The van der Waals surface area contributed by atoms with Gasteiger partial charge in [-0.15, -0.1) is 0 Å². The van der Waals surface area contributed by atoms with E-state index in [1.54, 1.807) is 6.08 Å². The van der Waals surface area contributed by atoms with E-state index in [9.17, 15) is 0 Å². The van der Waals surface area contributed by atoms with Crippen molar-refractivity contribution in [2.75, 3.05) is 0 Å². The Morgan fingerprint density at radius 3 is 1.51 bits per heavy atom. The van der Waals surface area contributed by atoms with Crippen LogP contribution in [-0.4, -0.2) is 31.4 Å². The van der Waals surface area contributed by atoms with E-state index in [4.69, 9.17) is 25.3 Å². The molecule has 2 heterocycles. The maximum Gasteiger partial charge on any atom is 0.164 e. The molecule has 6 nitrogen and oxygen atoms in total. The highest BCUT2D eigenvalue weighted by atomic mass is 32.1. The van der Waals surface area contributed by atoms with Crippen LogP contribution in [0.3, 0.4) is 0 Å². The van der Waals surface area contributed by atoms with Crippen molar-refractivity contribution in [3.05, 3.63) is 175 Å². The highest BCUT2D eigenvalue weighted by molar-refractivity contribution is 7.79. The standard InChI is InChI=1S/C46H30N6S/c47-39-26-25-38-41(43(39)52-53)37-19-7-8-20-40(37)48-42(38)31-21-23-32(24-22-31)44-49-45(35-17-9-15-33(27-35)29-11-3-1-4-12-29)51-46(50-44)36-18-10-16-34(28-36)30-13-5-2-6-14-30/h1-28,47,53H. The second kappa shape index (κ2) is 13.7. The Morgan fingerprint density at radius 1 is 0.434 bits per heavy atom. The Balaban J connectivity index is 1.17. The Bertz CT molecular complexity index is 2640.